The summed E-state index contributed by atoms with van der Waals surface area (Å²) in [6, 6.07) is 14.3. The van der Waals surface area contributed by atoms with Gasteiger partial charge in [0, 0.05) is 16.9 Å². The lowest BCUT2D eigenvalue weighted by atomic mass is 10.1. The third-order valence-electron chi connectivity index (χ3n) is 4.16. The molecule has 0 spiro atoms. The third-order valence-corrected chi connectivity index (χ3v) is 6.29. The summed E-state index contributed by atoms with van der Waals surface area (Å²) >= 11 is 1.14. The SMILES string of the molecule is CCc1ccc(NC(=O)CSc2nnc(-c3ccc(NS(=O)(=O)CC)cc3)o2)cc1. The second-order valence-corrected chi connectivity index (χ2v) is 9.28. The molecule has 0 aliphatic rings. The van der Waals surface area contributed by atoms with Crippen LogP contribution >= 0.6 is 11.8 Å². The summed E-state index contributed by atoms with van der Waals surface area (Å²) in [5.41, 5.74) is 3.05. The second kappa shape index (κ2) is 9.77. The molecular weight excluding hydrogens is 424 g/mol. The Labute approximate surface area is 179 Å². The van der Waals surface area contributed by atoms with E-state index in [1.807, 2.05) is 24.3 Å². The van der Waals surface area contributed by atoms with E-state index in [4.69, 9.17) is 4.42 Å². The molecule has 158 valence electrons. The molecule has 8 nitrogen and oxygen atoms in total. The van der Waals surface area contributed by atoms with Crippen molar-refractivity contribution in [3.05, 3.63) is 54.1 Å². The maximum atomic E-state index is 12.1. The molecular formula is C20H22N4O4S2. The zero-order chi connectivity index (χ0) is 21.6. The van der Waals surface area contributed by atoms with Crippen molar-refractivity contribution in [1.82, 2.24) is 10.2 Å². The van der Waals surface area contributed by atoms with Gasteiger partial charge in [-0.15, -0.1) is 10.2 Å². The highest BCUT2D eigenvalue weighted by molar-refractivity contribution is 7.99. The van der Waals surface area contributed by atoms with E-state index in [2.05, 4.69) is 27.2 Å². The van der Waals surface area contributed by atoms with Crippen LogP contribution in [0.15, 0.2) is 58.2 Å². The zero-order valence-electron chi connectivity index (χ0n) is 16.6. The number of carbonyl (C=O) groups excluding carboxylic acids is 1. The van der Waals surface area contributed by atoms with Crippen LogP contribution in [0, 0.1) is 0 Å². The number of carbonyl (C=O) groups is 1. The van der Waals surface area contributed by atoms with E-state index in [9.17, 15) is 13.2 Å². The van der Waals surface area contributed by atoms with Gasteiger partial charge in [-0.25, -0.2) is 8.42 Å². The number of hydrogen-bond donors (Lipinski definition) is 2. The first kappa shape index (κ1) is 21.8. The number of aryl methyl sites for hydroxylation is 1. The van der Waals surface area contributed by atoms with Crippen LogP contribution in [0.4, 0.5) is 11.4 Å². The molecule has 0 unspecified atom stereocenters. The number of amides is 1. The Morgan fingerprint density at radius 1 is 1.00 bits per heavy atom. The first-order valence-electron chi connectivity index (χ1n) is 9.34. The van der Waals surface area contributed by atoms with Gasteiger partial charge in [-0.2, -0.15) is 0 Å². The molecule has 1 aromatic heterocycles. The number of nitrogens with zero attached hydrogens (tertiary/aromatic N) is 2. The predicted octanol–water partition coefficient (Wildman–Crippen LogP) is 3.79. The van der Waals surface area contributed by atoms with Gasteiger partial charge in [-0.05, 0) is 55.3 Å². The van der Waals surface area contributed by atoms with Crippen molar-refractivity contribution < 1.29 is 17.6 Å². The number of benzene rings is 2. The average molecular weight is 447 g/mol. The van der Waals surface area contributed by atoms with Gasteiger partial charge < -0.3 is 9.73 Å². The quantitative estimate of drug-likeness (QED) is 0.481. The number of rotatable bonds is 9. The fourth-order valence-electron chi connectivity index (χ4n) is 2.47. The van der Waals surface area contributed by atoms with E-state index in [-0.39, 0.29) is 28.5 Å². The van der Waals surface area contributed by atoms with Gasteiger partial charge >= 0.3 is 0 Å². The lowest BCUT2D eigenvalue weighted by Crippen LogP contribution is -2.14. The van der Waals surface area contributed by atoms with Crippen molar-refractivity contribution >= 4 is 39.1 Å². The Kier molecular flexibility index (Phi) is 7.11. The maximum Gasteiger partial charge on any atom is 0.277 e. The Morgan fingerprint density at radius 3 is 2.30 bits per heavy atom. The summed E-state index contributed by atoms with van der Waals surface area (Å²) in [6.45, 7) is 3.64. The minimum atomic E-state index is -3.33. The highest BCUT2D eigenvalue weighted by atomic mass is 32.2. The fourth-order valence-corrected chi connectivity index (χ4v) is 3.67. The standard InChI is InChI=1S/C20H22N4O4S2/c1-3-14-5-9-16(10-6-14)21-18(25)13-29-20-23-22-19(28-20)15-7-11-17(12-8-15)24-30(26,27)4-2/h5-12,24H,3-4,13H2,1-2H3,(H,21,25). The summed E-state index contributed by atoms with van der Waals surface area (Å²) in [5.74, 6) is 0.250. The zero-order valence-corrected chi connectivity index (χ0v) is 18.2. The molecule has 0 aliphatic heterocycles. The molecule has 0 saturated carbocycles. The van der Waals surface area contributed by atoms with E-state index in [1.54, 1.807) is 31.2 Å². The van der Waals surface area contributed by atoms with Gasteiger partial charge in [0.2, 0.25) is 21.8 Å². The summed E-state index contributed by atoms with van der Waals surface area (Å²) < 4.78 is 31.3. The van der Waals surface area contributed by atoms with Crippen LogP contribution in [-0.2, 0) is 21.2 Å². The molecule has 0 radical (unpaired) electrons. The molecule has 2 aromatic carbocycles. The van der Waals surface area contributed by atoms with Gasteiger partial charge in [-0.1, -0.05) is 30.8 Å². The Bertz CT molecular complexity index is 1090. The van der Waals surface area contributed by atoms with Crippen molar-refractivity contribution in [3.8, 4) is 11.5 Å². The third kappa shape index (κ3) is 6.07. The van der Waals surface area contributed by atoms with Gasteiger partial charge in [0.15, 0.2) is 0 Å². The van der Waals surface area contributed by atoms with Crippen molar-refractivity contribution in [1.29, 1.82) is 0 Å². The highest BCUT2D eigenvalue weighted by Crippen LogP contribution is 2.25. The lowest BCUT2D eigenvalue weighted by molar-refractivity contribution is -0.113. The van der Waals surface area contributed by atoms with E-state index in [1.165, 1.54) is 5.56 Å². The number of hydrogen-bond acceptors (Lipinski definition) is 7. The van der Waals surface area contributed by atoms with Crippen LogP contribution in [-0.4, -0.2) is 36.0 Å². The molecule has 1 heterocycles. The van der Waals surface area contributed by atoms with Crippen LogP contribution in [0.1, 0.15) is 19.4 Å². The summed E-state index contributed by atoms with van der Waals surface area (Å²) in [4.78, 5) is 12.1. The predicted molar refractivity (Wildman–Crippen MR) is 118 cm³/mol. The molecule has 1 amide bonds. The topological polar surface area (TPSA) is 114 Å². The monoisotopic (exact) mass is 446 g/mol. The summed E-state index contributed by atoms with van der Waals surface area (Å²) in [7, 11) is -3.33. The Hall–Kier alpha value is -2.85. The average Bonchev–Trinajstić information content (AvgIpc) is 3.22. The molecule has 3 rings (SSSR count). The largest absolute Gasteiger partial charge is 0.411 e. The van der Waals surface area contributed by atoms with Crippen molar-refractivity contribution in [3.63, 3.8) is 0 Å². The van der Waals surface area contributed by atoms with Crippen LogP contribution < -0.4 is 10.0 Å². The molecule has 2 N–H and O–H groups in total. The van der Waals surface area contributed by atoms with Crippen LogP contribution in [0.5, 0.6) is 0 Å². The Balaban J connectivity index is 1.55. The van der Waals surface area contributed by atoms with Gasteiger partial charge in [0.05, 0.1) is 11.5 Å². The van der Waals surface area contributed by atoms with Gasteiger partial charge in [-0.3, -0.25) is 9.52 Å². The molecule has 0 bridgehead atoms. The molecule has 0 atom stereocenters. The van der Waals surface area contributed by atoms with E-state index in [0.29, 0.717) is 11.3 Å². The van der Waals surface area contributed by atoms with E-state index >= 15 is 0 Å². The summed E-state index contributed by atoms with van der Waals surface area (Å²) in [5, 5.41) is 11.0. The smallest absolute Gasteiger partial charge is 0.277 e. The van der Waals surface area contributed by atoms with Crippen molar-refractivity contribution in [2.75, 3.05) is 21.5 Å². The maximum absolute atomic E-state index is 12.1. The van der Waals surface area contributed by atoms with E-state index in [0.717, 1.165) is 23.9 Å². The van der Waals surface area contributed by atoms with E-state index < -0.39 is 10.0 Å². The molecule has 0 saturated heterocycles. The fraction of sp³-hybridized carbons (Fsp3) is 0.250. The lowest BCUT2D eigenvalue weighted by Gasteiger charge is -2.05. The van der Waals surface area contributed by atoms with Crippen LogP contribution in [0.2, 0.25) is 0 Å². The molecule has 0 aliphatic carbocycles. The number of anilines is 2. The molecule has 10 heteroatoms. The number of thioether (sulfide) groups is 1. The number of aromatic nitrogens is 2. The molecule has 30 heavy (non-hydrogen) atoms. The van der Waals surface area contributed by atoms with Gasteiger partial charge in [0.25, 0.3) is 5.22 Å². The number of nitrogens with one attached hydrogen (secondary N) is 2. The van der Waals surface area contributed by atoms with Gasteiger partial charge in [0.1, 0.15) is 0 Å². The van der Waals surface area contributed by atoms with Crippen molar-refractivity contribution in [2.45, 2.75) is 25.5 Å². The first-order valence-corrected chi connectivity index (χ1v) is 12.0. The highest BCUT2D eigenvalue weighted by Gasteiger charge is 2.12. The Morgan fingerprint density at radius 2 is 1.67 bits per heavy atom. The van der Waals surface area contributed by atoms with Crippen molar-refractivity contribution in [2.24, 2.45) is 0 Å². The summed E-state index contributed by atoms with van der Waals surface area (Å²) in [6.07, 6.45) is 0.945. The molecule has 3 aromatic rings. The van der Waals surface area contributed by atoms with Crippen LogP contribution in [0.25, 0.3) is 11.5 Å². The molecule has 0 fully saturated rings. The minimum Gasteiger partial charge on any atom is -0.411 e. The van der Waals surface area contributed by atoms with Crippen LogP contribution in [0.3, 0.4) is 0 Å². The second-order valence-electron chi connectivity index (χ2n) is 6.34. The first-order chi connectivity index (χ1) is 14.4. The minimum absolute atomic E-state index is 0.00335. The number of sulfonamides is 1. The normalized spacial score (nSPS) is 11.3.